The standard InChI is InChI=1S/C33H44N6O5S2/c1-21(2)44-30(41)38-33-15-12-32(13-16-33,14-17-33)28-35-20-26(45-28)24-11-10-23(19-27(24)46(42,43)39-31(4,5)6)37-29(40)36-22(3)25-9-7-8-18-34-25/h7-11,18-22,39H,12-17H2,1-6H3,(H,38,41)(H2,36,37,40). The summed E-state index contributed by atoms with van der Waals surface area (Å²) in [5.74, 6) is 0. The SMILES string of the molecule is CC(C)OC(=O)NC12CCC(c3ncc(-c4ccc(NC(=O)NC(C)c5ccccn5)cc4S(=O)(=O)NC(C)(C)C)s3)(CC1)CC2. The van der Waals surface area contributed by atoms with Crippen LogP contribution in [0.3, 0.4) is 0 Å². The number of nitrogens with one attached hydrogen (secondary N) is 4. The second-order valence-corrected chi connectivity index (χ2v) is 16.5. The second-order valence-electron chi connectivity index (χ2n) is 13.8. The first-order valence-electron chi connectivity index (χ1n) is 15.7. The van der Waals surface area contributed by atoms with Gasteiger partial charge in [-0.05, 0) is 104 Å². The molecule has 0 radical (unpaired) electrons. The van der Waals surface area contributed by atoms with E-state index in [4.69, 9.17) is 9.72 Å². The summed E-state index contributed by atoms with van der Waals surface area (Å²) in [6.07, 6.45) is 8.04. The van der Waals surface area contributed by atoms with Crippen LogP contribution in [0.2, 0.25) is 0 Å². The number of hydrogen-bond donors (Lipinski definition) is 4. The number of alkyl carbamates (subject to hydrolysis) is 1. The van der Waals surface area contributed by atoms with Gasteiger partial charge >= 0.3 is 12.1 Å². The summed E-state index contributed by atoms with van der Waals surface area (Å²) in [5, 5.41) is 9.75. The van der Waals surface area contributed by atoms with Gasteiger partial charge in [-0.3, -0.25) is 4.98 Å². The fourth-order valence-corrected chi connectivity index (χ4v) is 9.31. The number of anilines is 1. The molecule has 0 spiro atoms. The van der Waals surface area contributed by atoms with Crippen molar-refractivity contribution in [3.05, 3.63) is 59.5 Å². The van der Waals surface area contributed by atoms with E-state index in [1.165, 1.54) is 17.4 Å². The van der Waals surface area contributed by atoms with Gasteiger partial charge < -0.3 is 20.7 Å². The van der Waals surface area contributed by atoms with Gasteiger partial charge in [0.1, 0.15) is 0 Å². The van der Waals surface area contributed by atoms with Crippen LogP contribution >= 0.6 is 11.3 Å². The molecule has 3 amide bonds. The molecule has 3 fully saturated rings. The van der Waals surface area contributed by atoms with Crippen molar-refractivity contribution in [2.24, 2.45) is 0 Å². The van der Waals surface area contributed by atoms with E-state index in [1.807, 2.05) is 32.9 Å². The number of aromatic nitrogens is 2. The Morgan fingerprint density at radius 1 is 0.978 bits per heavy atom. The highest BCUT2D eigenvalue weighted by molar-refractivity contribution is 7.89. The predicted molar refractivity (Wildman–Crippen MR) is 179 cm³/mol. The number of pyridine rings is 1. The third-order valence-electron chi connectivity index (χ3n) is 8.63. The highest BCUT2D eigenvalue weighted by Crippen LogP contribution is 2.55. The fraction of sp³-hybridized carbons (Fsp3) is 0.515. The summed E-state index contributed by atoms with van der Waals surface area (Å²) >= 11 is 1.51. The molecule has 1 atom stereocenters. The summed E-state index contributed by atoms with van der Waals surface area (Å²) < 4.78 is 35.6. The number of carbonyl (C=O) groups excluding carboxylic acids is 2. The van der Waals surface area contributed by atoms with Crippen LogP contribution in [0, 0.1) is 0 Å². The first-order valence-corrected chi connectivity index (χ1v) is 18.0. The zero-order valence-electron chi connectivity index (χ0n) is 27.3. The van der Waals surface area contributed by atoms with Crippen LogP contribution in [0.25, 0.3) is 10.4 Å². The topological polar surface area (TPSA) is 151 Å². The number of amides is 3. The zero-order valence-corrected chi connectivity index (χ0v) is 28.9. The van der Waals surface area contributed by atoms with Gasteiger partial charge in [0.15, 0.2) is 0 Å². The Hall–Kier alpha value is -3.55. The maximum absolute atomic E-state index is 13.8. The molecule has 2 bridgehead atoms. The number of ether oxygens (including phenoxy) is 1. The molecule has 6 rings (SSSR count). The Balaban J connectivity index is 1.38. The summed E-state index contributed by atoms with van der Waals surface area (Å²) in [6, 6.07) is 9.56. The van der Waals surface area contributed by atoms with E-state index in [9.17, 15) is 18.0 Å². The predicted octanol–water partition coefficient (Wildman–Crippen LogP) is 6.64. The molecule has 4 N–H and O–H groups in total. The Bertz CT molecular complexity index is 1660. The largest absolute Gasteiger partial charge is 0.447 e. The average molecular weight is 669 g/mol. The molecule has 0 saturated heterocycles. The van der Waals surface area contributed by atoms with E-state index in [2.05, 4.69) is 25.7 Å². The number of thiazole rings is 1. The van der Waals surface area contributed by atoms with Gasteiger partial charge in [0, 0.05) is 40.1 Å². The van der Waals surface area contributed by atoms with Crippen molar-refractivity contribution in [2.45, 2.75) is 114 Å². The Morgan fingerprint density at radius 2 is 1.67 bits per heavy atom. The van der Waals surface area contributed by atoms with E-state index in [0.29, 0.717) is 16.9 Å². The van der Waals surface area contributed by atoms with Gasteiger partial charge in [0.05, 0.1) is 32.6 Å². The van der Waals surface area contributed by atoms with Crippen molar-refractivity contribution < 1.29 is 22.7 Å². The van der Waals surface area contributed by atoms with Gasteiger partial charge in [-0.2, -0.15) is 0 Å². The molecule has 11 nitrogen and oxygen atoms in total. The quantitative estimate of drug-likeness (QED) is 0.199. The van der Waals surface area contributed by atoms with Gasteiger partial charge in [0.2, 0.25) is 10.0 Å². The first-order chi connectivity index (χ1) is 21.6. The van der Waals surface area contributed by atoms with Crippen LogP contribution < -0.4 is 20.7 Å². The van der Waals surface area contributed by atoms with Crippen molar-refractivity contribution in [1.29, 1.82) is 0 Å². The van der Waals surface area contributed by atoms with Gasteiger partial charge in [-0.15, -0.1) is 11.3 Å². The minimum Gasteiger partial charge on any atom is -0.447 e. The number of sulfonamides is 1. The molecule has 3 aliphatic carbocycles. The number of hydrogen-bond acceptors (Lipinski definition) is 8. The Kier molecular flexibility index (Phi) is 9.49. The minimum absolute atomic E-state index is 0.0601. The van der Waals surface area contributed by atoms with Crippen molar-refractivity contribution >= 4 is 39.2 Å². The number of carbonyl (C=O) groups is 2. The van der Waals surface area contributed by atoms with Crippen molar-refractivity contribution in [1.82, 2.24) is 25.3 Å². The molecule has 3 aromatic rings. The third-order valence-corrected chi connectivity index (χ3v) is 11.7. The number of rotatable bonds is 9. The lowest BCUT2D eigenvalue weighted by Crippen LogP contribution is -2.58. The van der Waals surface area contributed by atoms with E-state index in [-0.39, 0.29) is 34.1 Å². The van der Waals surface area contributed by atoms with Crippen LogP contribution in [-0.2, 0) is 20.2 Å². The van der Waals surface area contributed by atoms with Crippen molar-refractivity contribution in [2.75, 3.05) is 5.32 Å². The number of fused-ring (bicyclic) bond motifs is 3. The maximum Gasteiger partial charge on any atom is 0.407 e. The van der Waals surface area contributed by atoms with E-state index in [1.54, 1.807) is 51.4 Å². The fourth-order valence-electron chi connectivity index (χ4n) is 6.35. The summed E-state index contributed by atoms with van der Waals surface area (Å²) in [6.45, 7) is 10.9. The average Bonchev–Trinajstić information content (AvgIpc) is 3.48. The molecule has 1 aromatic carbocycles. The van der Waals surface area contributed by atoms with Crippen molar-refractivity contribution in [3.63, 3.8) is 0 Å². The van der Waals surface area contributed by atoms with Crippen LogP contribution in [0.4, 0.5) is 15.3 Å². The van der Waals surface area contributed by atoms with Crippen LogP contribution in [0.15, 0.2) is 53.7 Å². The summed E-state index contributed by atoms with van der Waals surface area (Å²) in [7, 11) is -3.98. The molecule has 1 unspecified atom stereocenters. The molecule has 46 heavy (non-hydrogen) atoms. The van der Waals surface area contributed by atoms with Crippen LogP contribution in [-0.4, -0.2) is 47.7 Å². The van der Waals surface area contributed by atoms with E-state index < -0.39 is 21.6 Å². The lowest BCUT2D eigenvalue weighted by Gasteiger charge is -2.52. The van der Waals surface area contributed by atoms with Gasteiger partial charge in [-0.1, -0.05) is 12.1 Å². The minimum atomic E-state index is -3.98. The molecule has 2 aromatic heterocycles. The maximum atomic E-state index is 13.8. The summed E-state index contributed by atoms with van der Waals surface area (Å²) in [4.78, 5) is 35.2. The number of benzene rings is 1. The van der Waals surface area contributed by atoms with E-state index >= 15 is 0 Å². The molecular weight excluding hydrogens is 625 g/mol. The molecule has 3 aliphatic rings. The number of urea groups is 1. The molecule has 2 heterocycles. The highest BCUT2D eigenvalue weighted by atomic mass is 32.2. The Morgan fingerprint density at radius 3 is 2.28 bits per heavy atom. The highest BCUT2D eigenvalue weighted by Gasteiger charge is 2.51. The molecule has 248 valence electrons. The van der Waals surface area contributed by atoms with E-state index in [0.717, 1.165) is 48.4 Å². The second kappa shape index (κ2) is 12.9. The van der Waals surface area contributed by atoms with Crippen molar-refractivity contribution in [3.8, 4) is 10.4 Å². The van der Waals surface area contributed by atoms with Gasteiger partial charge in [0.25, 0.3) is 0 Å². The normalized spacial score (nSPS) is 21.9. The molecule has 0 aliphatic heterocycles. The Labute approximate surface area is 275 Å². The van der Waals surface area contributed by atoms with Crippen LogP contribution in [0.5, 0.6) is 0 Å². The monoisotopic (exact) mass is 668 g/mol. The molecule has 13 heteroatoms. The number of nitrogens with zero attached hydrogens (tertiary/aromatic N) is 2. The molecule has 3 saturated carbocycles. The lowest BCUT2D eigenvalue weighted by molar-refractivity contribution is 0.0560. The smallest absolute Gasteiger partial charge is 0.407 e. The van der Waals surface area contributed by atoms with Gasteiger partial charge in [-0.25, -0.2) is 27.7 Å². The first kappa shape index (κ1) is 33.8. The summed E-state index contributed by atoms with van der Waals surface area (Å²) in [5.41, 5.74) is 0.478. The lowest BCUT2D eigenvalue weighted by atomic mass is 9.57. The third kappa shape index (κ3) is 7.69. The van der Waals surface area contributed by atoms with Crippen LogP contribution in [0.1, 0.15) is 96.8 Å². The molecular formula is C33H44N6O5S2. The zero-order chi connectivity index (χ0) is 33.3.